The van der Waals surface area contributed by atoms with Gasteiger partial charge in [-0.25, -0.2) is 0 Å². The van der Waals surface area contributed by atoms with Gasteiger partial charge in [-0.1, -0.05) is 32.0 Å². The van der Waals surface area contributed by atoms with Gasteiger partial charge < -0.3 is 10.6 Å². The van der Waals surface area contributed by atoms with E-state index in [1.54, 1.807) is 0 Å². The molecule has 2 fully saturated rings. The number of aryl methyl sites for hydroxylation is 1. The Kier molecular flexibility index (Phi) is 5.50. The normalized spacial score (nSPS) is 33.3. The highest BCUT2D eigenvalue weighted by Crippen LogP contribution is 2.35. The van der Waals surface area contributed by atoms with Crippen molar-refractivity contribution in [2.45, 2.75) is 76.8 Å². The molecule has 0 aromatic heterocycles. The number of hydrogen-bond acceptors (Lipinski definition) is 5. The average molecular weight is 373 g/mol. The monoisotopic (exact) mass is 372 g/mol. The fourth-order valence-electron chi connectivity index (χ4n) is 4.52. The van der Waals surface area contributed by atoms with Gasteiger partial charge in [-0.15, -0.1) is 0 Å². The molecule has 4 unspecified atom stereocenters. The predicted molar refractivity (Wildman–Crippen MR) is 105 cm³/mol. The molecule has 1 aliphatic carbocycles. The molecular weight excluding hydrogens is 340 g/mol. The number of fused-ring (bicyclic) bond motifs is 1. The molecule has 4 rings (SSSR count). The third-order valence-electron chi connectivity index (χ3n) is 6.11. The molecule has 6 nitrogen and oxygen atoms in total. The summed E-state index contributed by atoms with van der Waals surface area (Å²) in [6.07, 6.45) is 3.93. The molecule has 0 bridgehead atoms. The number of hydroxylamine groups is 1. The Bertz CT molecular complexity index is 693. The zero-order valence-corrected chi connectivity index (χ0v) is 16.5. The van der Waals surface area contributed by atoms with Crippen LogP contribution in [0.3, 0.4) is 0 Å². The van der Waals surface area contributed by atoms with E-state index in [1.165, 1.54) is 16.7 Å². The molecule has 2 saturated heterocycles. The Morgan fingerprint density at radius 1 is 1.30 bits per heavy atom. The minimum Gasteiger partial charge on any atom is -0.353 e. The first-order valence-electron chi connectivity index (χ1n) is 10.3. The topological polar surface area (TPSA) is 74.4 Å². The van der Waals surface area contributed by atoms with Crippen LogP contribution in [0.5, 0.6) is 0 Å². The van der Waals surface area contributed by atoms with E-state index < -0.39 is 0 Å². The highest BCUT2D eigenvalue weighted by atomic mass is 16.7. The van der Waals surface area contributed by atoms with Crippen molar-refractivity contribution in [3.63, 3.8) is 0 Å². The van der Waals surface area contributed by atoms with E-state index in [9.17, 15) is 4.79 Å². The SMILES string of the molecule is CC1CC(NC(=O)[C@H]2CCc3cc(C4NOC(C(C)C)N4)ccc32)CCN1. The molecular formula is C21H32N4O2. The third-order valence-corrected chi connectivity index (χ3v) is 6.11. The minimum atomic E-state index is -0.0107. The van der Waals surface area contributed by atoms with Crippen molar-refractivity contribution in [1.29, 1.82) is 0 Å². The van der Waals surface area contributed by atoms with Crippen LogP contribution >= 0.6 is 0 Å². The number of piperidine rings is 1. The molecule has 1 amide bonds. The van der Waals surface area contributed by atoms with Crippen molar-refractivity contribution in [2.24, 2.45) is 5.92 Å². The molecule has 1 aromatic carbocycles. The first-order valence-corrected chi connectivity index (χ1v) is 10.3. The second-order valence-corrected chi connectivity index (χ2v) is 8.63. The van der Waals surface area contributed by atoms with Crippen molar-refractivity contribution >= 4 is 5.91 Å². The Morgan fingerprint density at radius 3 is 2.89 bits per heavy atom. The van der Waals surface area contributed by atoms with Gasteiger partial charge in [0.25, 0.3) is 0 Å². The molecule has 148 valence electrons. The quantitative estimate of drug-likeness (QED) is 0.651. The first kappa shape index (κ1) is 18.9. The maximum absolute atomic E-state index is 12.9. The highest BCUT2D eigenvalue weighted by molar-refractivity contribution is 5.85. The van der Waals surface area contributed by atoms with E-state index in [4.69, 9.17) is 4.84 Å². The molecule has 6 heteroatoms. The van der Waals surface area contributed by atoms with Crippen LogP contribution in [0.15, 0.2) is 18.2 Å². The molecule has 0 spiro atoms. The molecule has 2 aliphatic heterocycles. The van der Waals surface area contributed by atoms with Gasteiger partial charge in [0.05, 0.1) is 5.92 Å². The molecule has 2 heterocycles. The van der Waals surface area contributed by atoms with Crippen molar-refractivity contribution in [3.05, 3.63) is 34.9 Å². The maximum atomic E-state index is 12.9. The maximum Gasteiger partial charge on any atom is 0.227 e. The number of nitrogens with one attached hydrogen (secondary N) is 4. The second-order valence-electron chi connectivity index (χ2n) is 8.63. The van der Waals surface area contributed by atoms with E-state index >= 15 is 0 Å². The largest absolute Gasteiger partial charge is 0.353 e. The summed E-state index contributed by atoms with van der Waals surface area (Å²) < 4.78 is 0. The zero-order valence-electron chi connectivity index (χ0n) is 16.5. The van der Waals surface area contributed by atoms with Crippen LogP contribution in [0, 0.1) is 5.92 Å². The molecule has 5 atom stereocenters. The lowest BCUT2D eigenvalue weighted by atomic mass is 9.96. The third kappa shape index (κ3) is 4.04. The van der Waals surface area contributed by atoms with Crippen LogP contribution in [0.25, 0.3) is 0 Å². The van der Waals surface area contributed by atoms with Crippen molar-refractivity contribution in [1.82, 2.24) is 21.4 Å². The fraction of sp³-hybridized carbons (Fsp3) is 0.667. The highest BCUT2D eigenvalue weighted by Gasteiger charge is 2.33. The number of carbonyl (C=O) groups excluding carboxylic acids is 1. The average Bonchev–Trinajstić information content (AvgIpc) is 3.28. The molecule has 0 radical (unpaired) electrons. The van der Waals surface area contributed by atoms with Crippen LogP contribution in [-0.2, 0) is 16.1 Å². The summed E-state index contributed by atoms with van der Waals surface area (Å²) >= 11 is 0. The Hall–Kier alpha value is -1.47. The Morgan fingerprint density at radius 2 is 2.15 bits per heavy atom. The Labute approximate surface area is 161 Å². The van der Waals surface area contributed by atoms with Crippen LogP contribution < -0.4 is 21.4 Å². The standard InChI is InChI=1S/C21H32N4O2/c1-12(2)21-24-19(25-27-21)15-5-6-17-14(11-15)4-7-18(17)20(26)23-16-8-9-22-13(3)10-16/h5-6,11-13,16,18-19,21-22,24-25H,4,7-10H2,1-3H3,(H,23,26)/t13?,16?,18-,19?,21?/m0/s1. The van der Waals surface area contributed by atoms with Gasteiger partial charge in [0, 0.05) is 12.1 Å². The summed E-state index contributed by atoms with van der Waals surface area (Å²) in [6.45, 7) is 7.44. The van der Waals surface area contributed by atoms with E-state index in [0.29, 0.717) is 18.0 Å². The lowest BCUT2D eigenvalue weighted by molar-refractivity contribution is -0.123. The number of rotatable bonds is 4. The van der Waals surface area contributed by atoms with E-state index in [-0.39, 0.29) is 24.2 Å². The smallest absolute Gasteiger partial charge is 0.227 e. The Balaban J connectivity index is 1.41. The van der Waals surface area contributed by atoms with Crippen LogP contribution in [-0.4, -0.2) is 30.8 Å². The summed E-state index contributed by atoms with van der Waals surface area (Å²) in [4.78, 5) is 18.5. The summed E-state index contributed by atoms with van der Waals surface area (Å²) in [5, 5.41) is 10.2. The van der Waals surface area contributed by atoms with E-state index in [1.807, 2.05) is 0 Å². The van der Waals surface area contributed by atoms with Gasteiger partial charge in [-0.2, -0.15) is 5.48 Å². The van der Waals surface area contributed by atoms with Gasteiger partial charge >= 0.3 is 0 Å². The predicted octanol–water partition coefficient (Wildman–Crippen LogP) is 2.08. The van der Waals surface area contributed by atoms with Gasteiger partial charge in [0.1, 0.15) is 12.4 Å². The first-order chi connectivity index (χ1) is 13.0. The molecule has 4 N–H and O–H groups in total. The van der Waals surface area contributed by atoms with Gasteiger partial charge in [-0.3, -0.25) is 14.9 Å². The molecule has 27 heavy (non-hydrogen) atoms. The zero-order chi connectivity index (χ0) is 19.0. The molecule has 3 aliphatic rings. The lowest BCUT2D eigenvalue weighted by Crippen LogP contribution is -2.47. The van der Waals surface area contributed by atoms with Gasteiger partial charge in [-0.05, 0) is 61.8 Å². The van der Waals surface area contributed by atoms with Crippen LogP contribution in [0.2, 0.25) is 0 Å². The lowest BCUT2D eigenvalue weighted by Gasteiger charge is -2.29. The van der Waals surface area contributed by atoms with E-state index in [0.717, 1.165) is 32.2 Å². The number of amides is 1. The summed E-state index contributed by atoms with van der Waals surface area (Å²) in [5.74, 6) is 0.590. The van der Waals surface area contributed by atoms with E-state index in [2.05, 4.69) is 60.4 Å². The number of hydrogen-bond donors (Lipinski definition) is 4. The van der Waals surface area contributed by atoms with Crippen molar-refractivity contribution in [2.75, 3.05) is 6.54 Å². The summed E-state index contributed by atoms with van der Waals surface area (Å²) in [5.41, 5.74) is 6.75. The molecule has 1 aromatic rings. The van der Waals surface area contributed by atoms with Crippen LogP contribution in [0.4, 0.5) is 0 Å². The van der Waals surface area contributed by atoms with Crippen molar-refractivity contribution < 1.29 is 9.63 Å². The summed E-state index contributed by atoms with van der Waals surface area (Å²) in [6, 6.07) is 7.26. The summed E-state index contributed by atoms with van der Waals surface area (Å²) in [7, 11) is 0. The van der Waals surface area contributed by atoms with Crippen molar-refractivity contribution in [3.8, 4) is 0 Å². The van der Waals surface area contributed by atoms with Gasteiger partial charge in [0.15, 0.2) is 0 Å². The van der Waals surface area contributed by atoms with Crippen LogP contribution in [0.1, 0.15) is 68.8 Å². The second kappa shape index (κ2) is 7.87. The number of benzene rings is 1. The minimum absolute atomic E-state index is 0.00630. The number of carbonyl (C=O) groups is 1. The molecule has 0 saturated carbocycles. The van der Waals surface area contributed by atoms with Gasteiger partial charge in [0.2, 0.25) is 5.91 Å². The fourth-order valence-corrected chi connectivity index (χ4v) is 4.52.